The molecule has 0 radical (unpaired) electrons. The molecule has 0 aromatic heterocycles. The molecule has 86 valence electrons. The van der Waals surface area contributed by atoms with Crippen LogP contribution < -0.4 is 0 Å². The van der Waals surface area contributed by atoms with Crippen LogP contribution in [0.5, 0.6) is 0 Å². The normalized spacial score (nSPS) is 23.6. The van der Waals surface area contributed by atoms with Crippen molar-refractivity contribution < 1.29 is 22.7 Å². The van der Waals surface area contributed by atoms with Gasteiger partial charge >= 0.3 is 12.1 Å². The van der Waals surface area contributed by atoms with Crippen molar-refractivity contribution >= 4 is 5.97 Å². The smallest absolute Gasteiger partial charge is 0.425 e. The summed E-state index contributed by atoms with van der Waals surface area (Å²) in [6.07, 6.45) is -0.827. The van der Waals surface area contributed by atoms with Crippen molar-refractivity contribution in [3.63, 3.8) is 0 Å². The molecule has 0 aromatic carbocycles. The number of carbonyl (C=O) groups is 1. The standard InChI is InChI=1S/C10H13F3O2/c1-7(10(11,12)13)15-9(14)8-5-3-2-4-6-8/h3,5,7-8H,2,4,6H2,1H3. The summed E-state index contributed by atoms with van der Waals surface area (Å²) in [5, 5.41) is 0. The van der Waals surface area contributed by atoms with Gasteiger partial charge < -0.3 is 4.74 Å². The Balaban J connectivity index is 2.48. The van der Waals surface area contributed by atoms with Crippen LogP contribution in [0.4, 0.5) is 13.2 Å². The van der Waals surface area contributed by atoms with Crippen LogP contribution in [-0.4, -0.2) is 18.2 Å². The molecule has 1 aliphatic carbocycles. The lowest BCUT2D eigenvalue weighted by molar-refractivity contribution is -0.217. The monoisotopic (exact) mass is 222 g/mol. The maximum atomic E-state index is 12.1. The van der Waals surface area contributed by atoms with Gasteiger partial charge in [0.15, 0.2) is 6.10 Å². The number of allylic oxidation sites excluding steroid dienone is 1. The average Bonchev–Trinajstić information content (AvgIpc) is 2.17. The SMILES string of the molecule is CC(OC(=O)C1C=CCCC1)C(F)(F)F. The zero-order chi connectivity index (χ0) is 11.5. The Morgan fingerprint density at radius 1 is 1.53 bits per heavy atom. The van der Waals surface area contributed by atoms with Gasteiger partial charge in [-0.1, -0.05) is 12.2 Å². The van der Waals surface area contributed by atoms with Crippen molar-refractivity contribution in [3.8, 4) is 0 Å². The van der Waals surface area contributed by atoms with Gasteiger partial charge in [-0.3, -0.25) is 4.79 Å². The highest BCUT2D eigenvalue weighted by Gasteiger charge is 2.39. The van der Waals surface area contributed by atoms with Crippen molar-refractivity contribution in [1.82, 2.24) is 0 Å². The fraction of sp³-hybridized carbons (Fsp3) is 0.700. The molecular formula is C10H13F3O2. The van der Waals surface area contributed by atoms with Crippen molar-refractivity contribution in [2.75, 3.05) is 0 Å². The molecule has 2 nitrogen and oxygen atoms in total. The molecule has 0 N–H and O–H groups in total. The van der Waals surface area contributed by atoms with Crippen molar-refractivity contribution in [2.45, 2.75) is 38.5 Å². The molecule has 0 aromatic rings. The van der Waals surface area contributed by atoms with E-state index in [0.717, 1.165) is 19.8 Å². The molecule has 1 rings (SSSR count). The van der Waals surface area contributed by atoms with Crippen LogP contribution in [0, 0.1) is 5.92 Å². The van der Waals surface area contributed by atoms with Crippen molar-refractivity contribution in [3.05, 3.63) is 12.2 Å². The molecule has 0 amide bonds. The van der Waals surface area contributed by atoms with Gasteiger partial charge in [0.25, 0.3) is 0 Å². The van der Waals surface area contributed by atoms with E-state index in [0.29, 0.717) is 6.42 Å². The lowest BCUT2D eigenvalue weighted by Gasteiger charge is -2.20. The van der Waals surface area contributed by atoms with Gasteiger partial charge in [0, 0.05) is 0 Å². The second-order valence-electron chi connectivity index (χ2n) is 3.59. The molecule has 15 heavy (non-hydrogen) atoms. The van der Waals surface area contributed by atoms with Gasteiger partial charge in [0.05, 0.1) is 5.92 Å². The fourth-order valence-electron chi connectivity index (χ4n) is 1.34. The second kappa shape index (κ2) is 4.68. The molecule has 0 saturated heterocycles. The summed E-state index contributed by atoms with van der Waals surface area (Å²) in [7, 11) is 0. The minimum absolute atomic E-state index is 0.511. The highest BCUT2D eigenvalue weighted by molar-refractivity contribution is 5.74. The third-order valence-corrected chi connectivity index (χ3v) is 2.31. The maximum Gasteiger partial charge on any atom is 0.425 e. The summed E-state index contributed by atoms with van der Waals surface area (Å²) >= 11 is 0. The Morgan fingerprint density at radius 2 is 2.20 bits per heavy atom. The van der Waals surface area contributed by atoms with E-state index in [4.69, 9.17) is 0 Å². The highest BCUT2D eigenvalue weighted by atomic mass is 19.4. The lowest BCUT2D eigenvalue weighted by Crippen LogP contribution is -2.33. The fourth-order valence-corrected chi connectivity index (χ4v) is 1.34. The summed E-state index contributed by atoms with van der Waals surface area (Å²) in [6.45, 7) is 0.838. The third kappa shape index (κ3) is 3.57. The first-order chi connectivity index (χ1) is 6.91. The average molecular weight is 222 g/mol. The zero-order valence-electron chi connectivity index (χ0n) is 8.38. The van der Waals surface area contributed by atoms with E-state index in [2.05, 4.69) is 4.74 Å². The predicted molar refractivity (Wildman–Crippen MR) is 48.1 cm³/mol. The number of carbonyl (C=O) groups excluding carboxylic acids is 1. The molecule has 0 saturated carbocycles. The maximum absolute atomic E-state index is 12.1. The van der Waals surface area contributed by atoms with Crippen LogP contribution in [0.2, 0.25) is 0 Å². The van der Waals surface area contributed by atoms with Crippen molar-refractivity contribution in [1.29, 1.82) is 0 Å². The molecule has 1 aliphatic rings. The number of esters is 1. The summed E-state index contributed by atoms with van der Waals surface area (Å²) in [5.41, 5.74) is 0. The van der Waals surface area contributed by atoms with E-state index in [1.165, 1.54) is 0 Å². The van der Waals surface area contributed by atoms with E-state index in [1.807, 2.05) is 0 Å². The number of hydrogen-bond donors (Lipinski definition) is 0. The topological polar surface area (TPSA) is 26.3 Å². The molecule has 5 heteroatoms. The quantitative estimate of drug-likeness (QED) is 0.530. The van der Waals surface area contributed by atoms with Gasteiger partial charge in [-0.15, -0.1) is 0 Å². The molecule has 2 unspecified atom stereocenters. The van der Waals surface area contributed by atoms with Gasteiger partial charge in [-0.2, -0.15) is 13.2 Å². The second-order valence-corrected chi connectivity index (χ2v) is 3.59. The Hall–Kier alpha value is -1.00. The van der Waals surface area contributed by atoms with Crippen LogP contribution in [0.1, 0.15) is 26.2 Å². The number of ether oxygens (including phenoxy) is 1. The van der Waals surface area contributed by atoms with Gasteiger partial charge in [-0.05, 0) is 26.2 Å². The number of rotatable bonds is 2. The first-order valence-electron chi connectivity index (χ1n) is 4.85. The minimum atomic E-state index is -4.48. The van der Waals surface area contributed by atoms with Gasteiger partial charge in [-0.25, -0.2) is 0 Å². The van der Waals surface area contributed by atoms with Crippen LogP contribution in [-0.2, 0) is 9.53 Å². The van der Waals surface area contributed by atoms with E-state index < -0.39 is 24.2 Å². The molecule has 2 atom stereocenters. The Kier molecular flexibility index (Phi) is 3.77. The van der Waals surface area contributed by atoms with E-state index >= 15 is 0 Å². The minimum Gasteiger partial charge on any atom is -0.453 e. The summed E-state index contributed by atoms with van der Waals surface area (Å²) in [4.78, 5) is 11.3. The van der Waals surface area contributed by atoms with Crippen LogP contribution >= 0.6 is 0 Å². The summed E-state index contributed by atoms with van der Waals surface area (Å²) in [5.74, 6) is -1.29. The Bertz CT molecular complexity index is 258. The Labute approximate surface area is 86.1 Å². The summed E-state index contributed by atoms with van der Waals surface area (Å²) < 4.78 is 40.6. The first-order valence-corrected chi connectivity index (χ1v) is 4.85. The number of halogens is 3. The van der Waals surface area contributed by atoms with Gasteiger partial charge in [0.2, 0.25) is 0 Å². The molecule has 0 heterocycles. The summed E-state index contributed by atoms with van der Waals surface area (Å²) in [6, 6.07) is 0. The third-order valence-electron chi connectivity index (χ3n) is 2.31. The highest BCUT2D eigenvalue weighted by Crippen LogP contribution is 2.25. The number of hydrogen-bond acceptors (Lipinski definition) is 2. The molecule has 0 aliphatic heterocycles. The molecule has 0 spiro atoms. The first kappa shape index (κ1) is 12.1. The number of alkyl halides is 3. The van der Waals surface area contributed by atoms with Crippen LogP contribution in [0.25, 0.3) is 0 Å². The zero-order valence-corrected chi connectivity index (χ0v) is 8.38. The van der Waals surface area contributed by atoms with Crippen LogP contribution in [0.15, 0.2) is 12.2 Å². The largest absolute Gasteiger partial charge is 0.453 e. The Morgan fingerprint density at radius 3 is 2.67 bits per heavy atom. The molecule has 0 fully saturated rings. The molecular weight excluding hydrogens is 209 g/mol. The van der Waals surface area contributed by atoms with E-state index in [1.54, 1.807) is 12.2 Å². The van der Waals surface area contributed by atoms with Crippen LogP contribution in [0.3, 0.4) is 0 Å². The molecule has 0 bridgehead atoms. The van der Waals surface area contributed by atoms with E-state index in [9.17, 15) is 18.0 Å². The van der Waals surface area contributed by atoms with Crippen molar-refractivity contribution in [2.24, 2.45) is 5.92 Å². The predicted octanol–water partition coefficient (Wildman–Crippen LogP) is 2.84. The van der Waals surface area contributed by atoms with E-state index in [-0.39, 0.29) is 0 Å². The van der Waals surface area contributed by atoms with Gasteiger partial charge in [0.1, 0.15) is 0 Å². The lowest BCUT2D eigenvalue weighted by atomic mass is 9.96.